The molecule has 2 aliphatic rings. The van der Waals surface area contributed by atoms with Crippen molar-refractivity contribution in [2.75, 3.05) is 20.7 Å². The Labute approximate surface area is 133 Å². The number of benzene rings is 2. The van der Waals surface area contributed by atoms with Gasteiger partial charge in [-0.3, -0.25) is 0 Å². The molecule has 0 unspecified atom stereocenters. The van der Waals surface area contributed by atoms with E-state index in [1.54, 1.807) is 13.2 Å². The van der Waals surface area contributed by atoms with Gasteiger partial charge in [-0.15, -0.1) is 0 Å². The van der Waals surface area contributed by atoms with E-state index in [1.807, 2.05) is 18.2 Å². The monoisotopic (exact) mass is 316 g/mol. The van der Waals surface area contributed by atoms with Crippen LogP contribution in [-0.2, 0) is 12.8 Å². The lowest BCUT2D eigenvalue weighted by molar-refractivity contribution is 0.169. The van der Waals surface area contributed by atoms with Crippen LogP contribution >= 0.6 is 0 Å². The molecule has 2 aromatic rings. The van der Waals surface area contributed by atoms with Crippen LogP contribution in [0.3, 0.4) is 0 Å². The van der Waals surface area contributed by atoms with Crippen molar-refractivity contribution in [3.8, 4) is 34.5 Å². The summed E-state index contributed by atoms with van der Waals surface area (Å²) >= 11 is 0. The molecule has 0 atom stereocenters. The van der Waals surface area contributed by atoms with Crippen LogP contribution in [0, 0.1) is 0 Å². The Morgan fingerprint density at radius 1 is 0.957 bits per heavy atom. The van der Waals surface area contributed by atoms with E-state index in [0.29, 0.717) is 23.7 Å². The summed E-state index contributed by atoms with van der Waals surface area (Å²) in [6.07, 6.45) is 1.46. The molecule has 2 heterocycles. The summed E-state index contributed by atoms with van der Waals surface area (Å²) < 4.78 is 26.8. The summed E-state index contributed by atoms with van der Waals surface area (Å²) in [6.45, 7) is 0.355. The quantitative estimate of drug-likeness (QED) is 0.935. The molecule has 0 saturated heterocycles. The number of ether oxygens (including phenoxy) is 5. The maximum absolute atomic E-state index is 10.1. The second-order valence-electron chi connectivity index (χ2n) is 5.34. The van der Waals surface area contributed by atoms with Gasteiger partial charge in [0, 0.05) is 5.56 Å². The van der Waals surface area contributed by atoms with Crippen LogP contribution in [0.2, 0.25) is 0 Å². The zero-order valence-electron chi connectivity index (χ0n) is 12.6. The molecule has 0 amide bonds. The second kappa shape index (κ2) is 5.46. The van der Waals surface area contributed by atoms with Gasteiger partial charge in [-0.05, 0) is 36.6 Å². The molecule has 0 fully saturated rings. The molecule has 0 radical (unpaired) electrons. The molecule has 0 aromatic heterocycles. The van der Waals surface area contributed by atoms with E-state index in [4.69, 9.17) is 23.7 Å². The van der Waals surface area contributed by atoms with Crippen molar-refractivity contribution in [1.82, 2.24) is 0 Å². The minimum Gasteiger partial charge on any atom is -0.504 e. The van der Waals surface area contributed by atoms with E-state index < -0.39 is 0 Å². The first-order valence-electron chi connectivity index (χ1n) is 7.33. The molecule has 0 aliphatic carbocycles. The smallest absolute Gasteiger partial charge is 0.231 e. The SMILES string of the molecule is COc1c(CCc2ccc3c(c2)OCO3)cc(O)c2c1OCO2. The highest BCUT2D eigenvalue weighted by molar-refractivity contribution is 5.63. The topological polar surface area (TPSA) is 66.4 Å². The Hall–Kier alpha value is -2.76. The molecule has 120 valence electrons. The number of aryl methyl sites for hydroxylation is 2. The van der Waals surface area contributed by atoms with Gasteiger partial charge >= 0.3 is 0 Å². The highest BCUT2D eigenvalue weighted by Gasteiger charge is 2.26. The summed E-state index contributed by atoms with van der Waals surface area (Å²) in [5.74, 6) is 3.02. The summed E-state index contributed by atoms with van der Waals surface area (Å²) in [5, 5.41) is 10.1. The first-order valence-corrected chi connectivity index (χ1v) is 7.33. The third kappa shape index (κ3) is 2.36. The minimum atomic E-state index is 0.0685. The Balaban J connectivity index is 1.58. The molecule has 0 saturated carbocycles. The molecule has 4 rings (SSSR count). The Kier molecular flexibility index (Phi) is 3.29. The minimum absolute atomic E-state index is 0.0685. The van der Waals surface area contributed by atoms with Gasteiger partial charge in [0.2, 0.25) is 25.1 Å². The average Bonchev–Trinajstić information content (AvgIpc) is 3.21. The zero-order valence-corrected chi connectivity index (χ0v) is 12.6. The standard InChI is InChI=1S/C17H16O6/c1-19-15-11(7-12(18)16-17(15)23-9-22-16)4-2-10-3-5-13-14(6-10)21-8-20-13/h3,5-7,18H,2,4,8-9H2,1H3. The van der Waals surface area contributed by atoms with Gasteiger partial charge in [0.15, 0.2) is 23.0 Å². The summed E-state index contributed by atoms with van der Waals surface area (Å²) in [7, 11) is 1.58. The lowest BCUT2D eigenvalue weighted by Gasteiger charge is -2.12. The fraction of sp³-hybridized carbons (Fsp3) is 0.294. The van der Waals surface area contributed by atoms with Crippen molar-refractivity contribution in [3.63, 3.8) is 0 Å². The van der Waals surface area contributed by atoms with Crippen molar-refractivity contribution in [2.24, 2.45) is 0 Å². The van der Waals surface area contributed by atoms with Crippen molar-refractivity contribution in [3.05, 3.63) is 35.4 Å². The second-order valence-corrected chi connectivity index (χ2v) is 5.34. The number of aromatic hydroxyl groups is 1. The predicted molar refractivity (Wildman–Crippen MR) is 80.8 cm³/mol. The van der Waals surface area contributed by atoms with Crippen LogP contribution in [0.5, 0.6) is 34.5 Å². The van der Waals surface area contributed by atoms with Crippen LogP contribution in [0.1, 0.15) is 11.1 Å². The number of phenols is 1. The summed E-state index contributed by atoms with van der Waals surface area (Å²) in [6, 6.07) is 7.56. The normalized spacial score (nSPS) is 14.1. The molecule has 6 nitrogen and oxygen atoms in total. The van der Waals surface area contributed by atoms with E-state index in [2.05, 4.69) is 0 Å². The fourth-order valence-electron chi connectivity index (χ4n) is 2.86. The van der Waals surface area contributed by atoms with Gasteiger partial charge in [0.1, 0.15) is 0 Å². The molecular weight excluding hydrogens is 300 g/mol. The third-order valence-electron chi connectivity index (χ3n) is 3.98. The first-order chi connectivity index (χ1) is 11.3. The number of fused-ring (bicyclic) bond motifs is 2. The van der Waals surface area contributed by atoms with Gasteiger partial charge in [0.25, 0.3) is 0 Å². The third-order valence-corrected chi connectivity index (χ3v) is 3.98. The van der Waals surface area contributed by atoms with Gasteiger partial charge in [-0.25, -0.2) is 0 Å². The molecule has 0 bridgehead atoms. The fourth-order valence-corrected chi connectivity index (χ4v) is 2.86. The van der Waals surface area contributed by atoms with Crippen LogP contribution in [0.4, 0.5) is 0 Å². The molecule has 1 N–H and O–H groups in total. The average molecular weight is 316 g/mol. The van der Waals surface area contributed by atoms with E-state index >= 15 is 0 Å². The first kappa shape index (κ1) is 13.9. The van der Waals surface area contributed by atoms with E-state index in [1.165, 1.54) is 0 Å². The van der Waals surface area contributed by atoms with E-state index in [0.717, 1.165) is 29.0 Å². The van der Waals surface area contributed by atoms with Crippen molar-refractivity contribution < 1.29 is 28.8 Å². The zero-order chi connectivity index (χ0) is 15.8. The maximum atomic E-state index is 10.1. The van der Waals surface area contributed by atoms with E-state index in [-0.39, 0.29) is 19.3 Å². The highest BCUT2D eigenvalue weighted by Crippen LogP contribution is 2.49. The highest BCUT2D eigenvalue weighted by atomic mass is 16.7. The van der Waals surface area contributed by atoms with Crippen LogP contribution in [0.25, 0.3) is 0 Å². The Bertz CT molecular complexity index is 755. The van der Waals surface area contributed by atoms with Crippen molar-refractivity contribution in [1.29, 1.82) is 0 Å². The van der Waals surface area contributed by atoms with Gasteiger partial charge in [-0.1, -0.05) is 6.07 Å². The van der Waals surface area contributed by atoms with Gasteiger partial charge in [0.05, 0.1) is 7.11 Å². The predicted octanol–water partition coefficient (Wildman–Crippen LogP) is 2.64. The molecule has 0 spiro atoms. The van der Waals surface area contributed by atoms with Crippen LogP contribution < -0.4 is 23.7 Å². The maximum Gasteiger partial charge on any atom is 0.231 e. The summed E-state index contributed by atoms with van der Waals surface area (Å²) in [5.41, 5.74) is 1.99. The Morgan fingerprint density at radius 3 is 2.61 bits per heavy atom. The number of hydrogen-bond acceptors (Lipinski definition) is 6. The summed E-state index contributed by atoms with van der Waals surface area (Å²) in [4.78, 5) is 0. The van der Waals surface area contributed by atoms with Crippen molar-refractivity contribution in [2.45, 2.75) is 12.8 Å². The van der Waals surface area contributed by atoms with E-state index in [9.17, 15) is 5.11 Å². The van der Waals surface area contributed by atoms with Crippen LogP contribution in [-0.4, -0.2) is 25.8 Å². The lowest BCUT2D eigenvalue weighted by Crippen LogP contribution is -1.98. The largest absolute Gasteiger partial charge is 0.504 e. The molecule has 23 heavy (non-hydrogen) atoms. The van der Waals surface area contributed by atoms with Gasteiger partial charge < -0.3 is 28.8 Å². The molecular formula is C17H16O6. The molecule has 2 aliphatic heterocycles. The molecule has 2 aromatic carbocycles. The molecule has 6 heteroatoms. The number of hydrogen-bond donors (Lipinski definition) is 1. The number of methoxy groups -OCH3 is 1. The number of rotatable bonds is 4. The van der Waals surface area contributed by atoms with Crippen molar-refractivity contribution >= 4 is 0 Å². The Morgan fingerprint density at radius 2 is 1.74 bits per heavy atom. The number of phenolic OH excluding ortho intramolecular Hbond substituents is 1. The van der Waals surface area contributed by atoms with Crippen LogP contribution in [0.15, 0.2) is 24.3 Å². The lowest BCUT2D eigenvalue weighted by atomic mass is 10.0. The van der Waals surface area contributed by atoms with Gasteiger partial charge in [-0.2, -0.15) is 0 Å².